The molecule has 1 aliphatic heterocycles. The monoisotopic (exact) mass is 471 g/mol. The first-order chi connectivity index (χ1) is 11.9. The highest BCUT2D eigenvalue weighted by atomic mass is 127. The highest BCUT2D eigenvalue weighted by Crippen LogP contribution is 2.28. The maximum Gasteiger partial charge on any atom is 0.247 e. The molecule has 1 aromatic carbocycles. The Bertz CT molecular complexity index is 755. The lowest BCUT2D eigenvalue weighted by Crippen LogP contribution is -2.57. The van der Waals surface area contributed by atoms with Crippen LogP contribution in [0.4, 0.5) is 5.69 Å². The Morgan fingerprint density at radius 1 is 1.44 bits per heavy atom. The van der Waals surface area contributed by atoms with Crippen LogP contribution in [0.25, 0.3) is 0 Å². The predicted molar refractivity (Wildman–Crippen MR) is 114 cm³/mol. The molecule has 134 valence electrons. The van der Waals surface area contributed by atoms with Gasteiger partial charge in [-0.15, -0.1) is 0 Å². The van der Waals surface area contributed by atoms with E-state index >= 15 is 0 Å². The summed E-state index contributed by atoms with van der Waals surface area (Å²) in [5.41, 5.74) is 2.62. The number of aliphatic imine (C=N–C) groups is 1. The van der Waals surface area contributed by atoms with Crippen LogP contribution in [0.2, 0.25) is 0 Å². The smallest absolute Gasteiger partial charge is 0.247 e. The summed E-state index contributed by atoms with van der Waals surface area (Å²) in [5.74, 6) is 0.648. The molecule has 1 saturated heterocycles. The Labute approximate surface area is 168 Å². The molecule has 0 spiro atoms. The molecule has 1 unspecified atom stereocenters. The van der Waals surface area contributed by atoms with E-state index in [0.717, 1.165) is 21.3 Å². The van der Waals surface area contributed by atoms with Crippen LogP contribution in [-0.2, 0) is 4.79 Å². The van der Waals surface area contributed by atoms with Gasteiger partial charge in [-0.3, -0.25) is 4.79 Å². The number of hydrogen-bond donors (Lipinski definition) is 1. The Kier molecular flexibility index (Phi) is 7.07. The summed E-state index contributed by atoms with van der Waals surface area (Å²) in [6.07, 6.45) is 3.35. The van der Waals surface area contributed by atoms with Crippen LogP contribution < -0.4 is 10.2 Å². The second kappa shape index (κ2) is 8.85. The number of halogens is 2. The van der Waals surface area contributed by atoms with E-state index in [1.807, 2.05) is 56.9 Å². The third kappa shape index (κ3) is 4.44. The van der Waals surface area contributed by atoms with Crippen LogP contribution in [0.5, 0.6) is 0 Å². The van der Waals surface area contributed by atoms with Crippen molar-refractivity contribution in [3.05, 3.63) is 50.3 Å². The van der Waals surface area contributed by atoms with Gasteiger partial charge in [0.2, 0.25) is 5.91 Å². The number of amidine groups is 1. The minimum atomic E-state index is -0.327. The molecule has 6 heteroatoms. The predicted octanol–water partition coefficient (Wildman–Crippen LogP) is 5.19. The summed E-state index contributed by atoms with van der Waals surface area (Å²) < 4.78 is 1.10. The lowest BCUT2D eigenvalue weighted by Gasteiger charge is -2.38. The summed E-state index contributed by atoms with van der Waals surface area (Å²) in [5, 5.41) is 3.43. The highest BCUT2D eigenvalue weighted by molar-refractivity contribution is 14.1. The van der Waals surface area contributed by atoms with Crippen molar-refractivity contribution in [2.24, 2.45) is 4.99 Å². The van der Waals surface area contributed by atoms with E-state index in [4.69, 9.17) is 11.6 Å². The van der Waals surface area contributed by atoms with Crippen molar-refractivity contribution in [2.75, 3.05) is 4.90 Å². The molecule has 0 saturated carbocycles. The second-order valence-electron chi connectivity index (χ2n) is 5.83. The fraction of sp³-hybridized carbons (Fsp3) is 0.368. The van der Waals surface area contributed by atoms with Crippen molar-refractivity contribution in [1.29, 1.82) is 0 Å². The number of nitrogens with one attached hydrogen (secondary N) is 1. The van der Waals surface area contributed by atoms with E-state index in [-0.39, 0.29) is 11.9 Å². The molecular formula is C19H23ClIN3O. The summed E-state index contributed by atoms with van der Waals surface area (Å²) in [7, 11) is 0. The van der Waals surface area contributed by atoms with Gasteiger partial charge < -0.3 is 10.2 Å². The van der Waals surface area contributed by atoms with Crippen LogP contribution >= 0.6 is 34.2 Å². The highest BCUT2D eigenvalue weighted by Gasteiger charge is 2.36. The summed E-state index contributed by atoms with van der Waals surface area (Å²) in [6.45, 7) is 7.90. The number of anilines is 1. The lowest BCUT2D eigenvalue weighted by atomic mass is 10.1. The van der Waals surface area contributed by atoms with Gasteiger partial charge in [-0.1, -0.05) is 37.6 Å². The first kappa shape index (κ1) is 20.0. The number of benzene rings is 1. The Morgan fingerprint density at radius 2 is 2.16 bits per heavy atom. The Morgan fingerprint density at radius 3 is 2.72 bits per heavy atom. The molecule has 1 N–H and O–H groups in total. The van der Waals surface area contributed by atoms with E-state index < -0.39 is 0 Å². The minimum absolute atomic E-state index is 0.0271. The van der Waals surface area contributed by atoms with Crippen molar-refractivity contribution < 1.29 is 4.79 Å². The number of piperazine rings is 1. The number of hydrogen-bond acceptors (Lipinski definition) is 2. The van der Waals surface area contributed by atoms with Crippen LogP contribution in [0.15, 0.2) is 51.8 Å². The lowest BCUT2D eigenvalue weighted by molar-refractivity contribution is -0.121. The van der Waals surface area contributed by atoms with Crippen LogP contribution in [0, 0.1) is 3.57 Å². The largest absolute Gasteiger partial charge is 0.321 e. The van der Waals surface area contributed by atoms with Crippen LogP contribution in [0.1, 0.15) is 40.5 Å². The molecule has 0 radical (unpaired) electrons. The van der Waals surface area contributed by atoms with Crippen LogP contribution in [0.3, 0.4) is 0 Å². The van der Waals surface area contributed by atoms with E-state index in [1.165, 1.54) is 0 Å². The average Bonchev–Trinajstić information content (AvgIpc) is 2.61. The van der Waals surface area contributed by atoms with Gasteiger partial charge in [0.25, 0.3) is 0 Å². The molecule has 1 atom stereocenters. The SMILES string of the molecule is C/C=C1/NC(=O)C(CC)N(c2cccc(I)c2)/C1=N/C(Cl)=C(\C)CC. The standard InChI is InChI=1S/C19H23ClIN3O/c1-5-12(4)17(20)23-18-15(6-2)22-19(25)16(7-3)24(18)14-10-8-9-13(21)11-14/h6,8-11,16H,5,7H2,1-4H3,(H,22,25)/b15-6+,17-12+,23-18+. The first-order valence-electron chi connectivity index (χ1n) is 8.39. The van der Waals surface area contributed by atoms with Gasteiger partial charge in [0.1, 0.15) is 11.2 Å². The van der Waals surface area contributed by atoms with Crippen molar-refractivity contribution in [1.82, 2.24) is 5.32 Å². The normalized spacial score (nSPS) is 22.2. The number of rotatable bonds is 4. The topological polar surface area (TPSA) is 44.7 Å². The Balaban J connectivity index is 2.67. The maximum absolute atomic E-state index is 12.6. The molecule has 1 aromatic rings. The first-order valence-corrected chi connectivity index (χ1v) is 9.84. The van der Waals surface area contributed by atoms with Crippen molar-refractivity contribution in [2.45, 2.75) is 46.6 Å². The van der Waals surface area contributed by atoms with E-state index in [9.17, 15) is 4.79 Å². The second-order valence-corrected chi connectivity index (χ2v) is 7.43. The van der Waals surface area contributed by atoms with E-state index in [1.54, 1.807) is 0 Å². The summed E-state index contributed by atoms with van der Waals surface area (Å²) in [6, 6.07) is 7.73. The van der Waals surface area contributed by atoms with Gasteiger partial charge in [0.15, 0.2) is 5.84 Å². The van der Waals surface area contributed by atoms with Gasteiger partial charge in [-0.2, -0.15) is 0 Å². The number of amides is 1. The molecule has 0 aliphatic carbocycles. The third-order valence-electron chi connectivity index (χ3n) is 4.19. The molecule has 4 nitrogen and oxygen atoms in total. The summed E-state index contributed by atoms with van der Waals surface area (Å²) in [4.78, 5) is 19.3. The molecular weight excluding hydrogens is 449 g/mol. The molecule has 0 bridgehead atoms. The minimum Gasteiger partial charge on any atom is -0.321 e. The average molecular weight is 472 g/mol. The van der Waals surface area contributed by atoms with Gasteiger partial charge >= 0.3 is 0 Å². The summed E-state index contributed by atoms with van der Waals surface area (Å²) >= 11 is 8.70. The van der Waals surface area contributed by atoms with Crippen molar-refractivity contribution in [3.8, 4) is 0 Å². The Hall–Kier alpha value is -1.34. The van der Waals surface area contributed by atoms with Gasteiger partial charge in [0, 0.05) is 9.26 Å². The van der Waals surface area contributed by atoms with Gasteiger partial charge in [0.05, 0.1) is 5.70 Å². The third-order valence-corrected chi connectivity index (χ3v) is 5.27. The number of allylic oxidation sites excluding steroid dienone is 2. The van der Waals surface area contributed by atoms with Gasteiger partial charge in [-0.05, 0) is 73.1 Å². The van der Waals surface area contributed by atoms with Crippen molar-refractivity contribution >= 4 is 51.6 Å². The van der Waals surface area contributed by atoms with Gasteiger partial charge in [-0.25, -0.2) is 4.99 Å². The molecule has 1 amide bonds. The van der Waals surface area contributed by atoms with Crippen molar-refractivity contribution in [3.63, 3.8) is 0 Å². The molecule has 2 rings (SSSR count). The quantitative estimate of drug-likeness (QED) is 0.485. The molecule has 1 heterocycles. The maximum atomic E-state index is 12.6. The zero-order chi connectivity index (χ0) is 18.6. The molecule has 25 heavy (non-hydrogen) atoms. The van der Waals surface area contributed by atoms with Crippen LogP contribution in [-0.4, -0.2) is 17.8 Å². The number of carbonyl (C=O) groups is 1. The number of nitrogens with zero attached hydrogens (tertiary/aromatic N) is 2. The zero-order valence-corrected chi connectivity index (χ0v) is 17.9. The fourth-order valence-corrected chi connectivity index (χ4v) is 3.35. The van der Waals surface area contributed by atoms with E-state index in [2.05, 4.69) is 39.0 Å². The van der Waals surface area contributed by atoms with E-state index in [0.29, 0.717) is 23.1 Å². The molecule has 1 aliphatic rings. The zero-order valence-electron chi connectivity index (χ0n) is 14.9. The number of carbonyl (C=O) groups excluding carboxylic acids is 1. The fourth-order valence-electron chi connectivity index (χ4n) is 2.61. The molecule has 1 fully saturated rings. The molecule has 0 aromatic heterocycles.